The molecule has 9 heteroatoms. The predicted molar refractivity (Wildman–Crippen MR) is 113 cm³/mol. The van der Waals surface area contributed by atoms with Crippen molar-refractivity contribution < 1.29 is 14.0 Å². The van der Waals surface area contributed by atoms with Gasteiger partial charge in [-0.05, 0) is 50.2 Å². The highest BCUT2D eigenvalue weighted by atomic mass is 79.9. The number of fused-ring (bicyclic) bond motifs is 1. The molecule has 0 unspecified atom stereocenters. The second-order valence-corrected chi connectivity index (χ2v) is 7.69. The fourth-order valence-corrected chi connectivity index (χ4v) is 3.11. The van der Waals surface area contributed by atoms with Crippen molar-refractivity contribution in [3.05, 3.63) is 58.6 Å². The fraction of sp³-hybridized carbons (Fsp3) is 0.250. The highest BCUT2D eigenvalue weighted by molar-refractivity contribution is 9.10. The molecule has 0 aliphatic heterocycles. The van der Waals surface area contributed by atoms with Gasteiger partial charge in [-0.1, -0.05) is 15.9 Å². The van der Waals surface area contributed by atoms with Crippen LogP contribution >= 0.6 is 15.9 Å². The van der Waals surface area contributed by atoms with Crippen LogP contribution in [0.4, 0.5) is 14.9 Å². The molecule has 1 aromatic heterocycles. The lowest BCUT2D eigenvalue weighted by molar-refractivity contribution is 0.0943. The number of anilines is 1. The van der Waals surface area contributed by atoms with Crippen LogP contribution < -0.4 is 16.0 Å². The summed E-state index contributed by atoms with van der Waals surface area (Å²) in [5.41, 5.74) is 2.20. The summed E-state index contributed by atoms with van der Waals surface area (Å²) in [4.78, 5) is 28.4. The number of hydrogen-bond donors (Lipinski definition) is 3. The average Bonchev–Trinajstić information content (AvgIpc) is 3.06. The lowest BCUT2D eigenvalue weighted by Gasteiger charge is -2.10. The quantitative estimate of drug-likeness (QED) is 0.520. The summed E-state index contributed by atoms with van der Waals surface area (Å²) in [6.07, 6.45) is 1.66. The first-order valence-corrected chi connectivity index (χ1v) is 9.88. The molecule has 1 heterocycles. The van der Waals surface area contributed by atoms with Gasteiger partial charge in [0.1, 0.15) is 5.82 Å². The standard InChI is InChI=1S/C20H21BrFN5O2/c1-12(2)25-19(28)13-3-6-18-17(9-13)24-11-27(18)8-7-23-20(29)26-16-5-4-14(21)10-15(16)22/h3-6,9-12H,7-8H2,1-2H3,(H,25,28)(H2,23,26,29). The molecule has 0 saturated carbocycles. The van der Waals surface area contributed by atoms with E-state index in [1.54, 1.807) is 24.5 Å². The number of nitrogens with zero attached hydrogens (tertiary/aromatic N) is 2. The van der Waals surface area contributed by atoms with Crippen LogP contribution in [0, 0.1) is 5.82 Å². The number of rotatable bonds is 6. The van der Waals surface area contributed by atoms with Crippen molar-refractivity contribution in [1.82, 2.24) is 20.2 Å². The first kappa shape index (κ1) is 20.8. The maximum atomic E-state index is 13.8. The first-order chi connectivity index (χ1) is 13.8. The average molecular weight is 462 g/mol. The van der Waals surface area contributed by atoms with E-state index in [2.05, 4.69) is 36.9 Å². The molecule has 3 rings (SSSR count). The molecule has 0 fully saturated rings. The maximum absolute atomic E-state index is 13.8. The van der Waals surface area contributed by atoms with Crippen LogP contribution in [0.25, 0.3) is 11.0 Å². The zero-order chi connectivity index (χ0) is 21.0. The van der Waals surface area contributed by atoms with Crippen LogP contribution in [-0.4, -0.2) is 34.1 Å². The number of amides is 3. The number of nitrogens with one attached hydrogen (secondary N) is 3. The van der Waals surface area contributed by atoms with Gasteiger partial charge in [-0.25, -0.2) is 14.2 Å². The number of halogens is 2. The number of carbonyl (C=O) groups excluding carboxylic acids is 2. The monoisotopic (exact) mass is 461 g/mol. The molecule has 0 saturated heterocycles. The Bertz CT molecular complexity index is 1050. The number of benzene rings is 2. The number of imidazole rings is 1. The molecule has 0 spiro atoms. The highest BCUT2D eigenvalue weighted by Gasteiger charge is 2.11. The minimum absolute atomic E-state index is 0.0545. The zero-order valence-corrected chi connectivity index (χ0v) is 17.6. The Labute approximate surface area is 175 Å². The van der Waals surface area contributed by atoms with Gasteiger partial charge in [0.2, 0.25) is 0 Å². The largest absolute Gasteiger partial charge is 0.350 e. The number of carbonyl (C=O) groups is 2. The van der Waals surface area contributed by atoms with E-state index in [0.717, 1.165) is 5.52 Å². The summed E-state index contributed by atoms with van der Waals surface area (Å²) in [6.45, 7) is 4.61. The summed E-state index contributed by atoms with van der Waals surface area (Å²) in [5.74, 6) is -0.664. The van der Waals surface area contributed by atoms with Crippen molar-refractivity contribution in [1.29, 1.82) is 0 Å². The summed E-state index contributed by atoms with van der Waals surface area (Å²) < 4.78 is 16.2. The van der Waals surface area contributed by atoms with Crippen molar-refractivity contribution in [2.75, 3.05) is 11.9 Å². The number of aromatic nitrogens is 2. The number of urea groups is 1. The van der Waals surface area contributed by atoms with E-state index in [-0.39, 0.29) is 17.6 Å². The molecule has 3 N–H and O–H groups in total. The van der Waals surface area contributed by atoms with Crippen molar-refractivity contribution in [2.24, 2.45) is 0 Å². The SMILES string of the molecule is CC(C)NC(=O)c1ccc2c(c1)ncn2CCNC(=O)Nc1ccc(Br)cc1F. The molecule has 3 aromatic rings. The Morgan fingerprint density at radius 1 is 1.21 bits per heavy atom. The third kappa shape index (κ3) is 5.32. The summed E-state index contributed by atoms with van der Waals surface area (Å²) in [6, 6.07) is 9.27. The second kappa shape index (κ2) is 9.04. The molecule has 2 aromatic carbocycles. The molecule has 0 atom stereocenters. The minimum Gasteiger partial charge on any atom is -0.350 e. The van der Waals surface area contributed by atoms with E-state index in [4.69, 9.17) is 0 Å². The van der Waals surface area contributed by atoms with Crippen LogP contribution in [0.1, 0.15) is 24.2 Å². The topological polar surface area (TPSA) is 88.1 Å². The fourth-order valence-electron chi connectivity index (χ4n) is 2.78. The first-order valence-electron chi connectivity index (χ1n) is 9.09. The zero-order valence-electron chi connectivity index (χ0n) is 16.0. The molecule has 7 nitrogen and oxygen atoms in total. The molecule has 0 bridgehead atoms. The maximum Gasteiger partial charge on any atom is 0.319 e. The highest BCUT2D eigenvalue weighted by Crippen LogP contribution is 2.19. The summed E-state index contributed by atoms with van der Waals surface area (Å²) in [5, 5.41) is 8.01. The number of hydrogen-bond acceptors (Lipinski definition) is 3. The summed E-state index contributed by atoms with van der Waals surface area (Å²) >= 11 is 3.17. The van der Waals surface area contributed by atoms with E-state index in [9.17, 15) is 14.0 Å². The van der Waals surface area contributed by atoms with Gasteiger partial charge >= 0.3 is 6.03 Å². The Hall–Kier alpha value is -2.94. The Morgan fingerprint density at radius 3 is 2.72 bits per heavy atom. The lowest BCUT2D eigenvalue weighted by Crippen LogP contribution is -2.31. The Kier molecular flexibility index (Phi) is 6.48. The van der Waals surface area contributed by atoms with Gasteiger partial charge in [0.05, 0.1) is 23.0 Å². The van der Waals surface area contributed by atoms with Crippen molar-refractivity contribution in [3.63, 3.8) is 0 Å². The van der Waals surface area contributed by atoms with E-state index in [1.807, 2.05) is 24.5 Å². The van der Waals surface area contributed by atoms with Crippen LogP contribution in [0.5, 0.6) is 0 Å². The van der Waals surface area contributed by atoms with Gasteiger partial charge in [-0.15, -0.1) is 0 Å². The lowest BCUT2D eigenvalue weighted by atomic mass is 10.2. The molecule has 0 aliphatic rings. The third-order valence-electron chi connectivity index (χ3n) is 4.12. The Balaban J connectivity index is 1.58. The van der Waals surface area contributed by atoms with Crippen molar-refractivity contribution in [2.45, 2.75) is 26.4 Å². The van der Waals surface area contributed by atoms with E-state index in [1.165, 1.54) is 12.1 Å². The molecule has 0 radical (unpaired) electrons. The van der Waals surface area contributed by atoms with Gasteiger partial charge in [0, 0.05) is 29.2 Å². The van der Waals surface area contributed by atoms with Gasteiger partial charge in [-0.2, -0.15) is 0 Å². The van der Waals surface area contributed by atoms with Gasteiger partial charge in [-0.3, -0.25) is 4.79 Å². The van der Waals surface area contributed by atoms with Crippen LogP contribution in [-0.2, 0) is 6.54 Å². The minimum atomic E-state index is -0.521. The Morgan fingerprint density at radius 2 is 2.00 bits per heavy atom. The second-order valence-electron chi connectivity index (χ2n) is 6.77. The molecule has 3 amide bonds. The van der Waals surface area contributed by atoms with E-state index in [0.29, 0.717) is 28.6 Å². The molecule has 152 valence electrons. The van der Waals surface area contributed by atoms with Gasteiger partial charge in [0.15, 0.2) is 0 Å². The molecule has 0 aliphatic carbocycles. The molecule has 29 heavy (non-hydrogen) atoms. The molecular formula is C20H21BrFN5O2. The van der Waals surface area contributed by atoms with Crippen molar-refractivity contribution >= 4 is 44.6 Å². The van der Waals surface area contributed by atoms with Crippen LogP contribution in [0.3, 0.4) is 0 Å². The van der Waals surface area contributed by atoms with Gasteiger partial charge < -0.3 is 20.5 Å². The van der Waals surface area contributed by atoms with Crippen LogP contribution in [0.2, 0.25) is 0 Å². The van der Waals surface area contributed by atoms with Gasteiger partial charge in [0.25, 0.3) is 5.91 Å². The van der Waals surface area contributed by atoms with Crippen molar-refractivity contribution in [3.8, 4) is 0 Å². The normalized spacial score (nSPS) is 10.9. The third-order valence-corrected chi connectivity index (χ3v) is 4.61. The predicted octanol–water partition coefficient (Wildman–Crippen LogP) is 3.90. The summed E-state index contributed by atoms with van der Waals surface area (Å²) in [7, 11) is 0. The van der Waals surface area contributed by atoms with E-state index < -0.39 is 11.8 Å². The molecular weight excluding hydrogens is 441 g/mol. The smallest absolute Gasteiger partial charge is 0.319 e. The van der Waals surface area contributed by atoms with E-state index >= 15 is 0 Å². The van der Waals surface area contributed by atoms with Crippen LogP contribution in [0.15, 0.2) is 47.2 Å².